The summed E-state index contributed by atoms with van der Waals surface area (Å²) in [7, 11) is -3.06. The zero-order valence-corrected chi connectivity index (χ0v) is 36.4. The van der Waals surface area contributed by atoms with E-state index in [0.29, 0.717) is 34.9 Å². The van der Waals surface area contributed by atoms with Crippen LogP contribution in [0.15, 0.2) is 49.1 Å². The molecule has 328 valence electrons. The fourth-order valence-corrected chi connectivity index (χ4v) is 8.98. The van der Waals surface area contributed by atoms with Crippen molar-refractivity contribution in [1.29, 1.82) is 0 Å². The maximum Gasteiger partial charge on any atom is 0.390 e. The summed E-state index contributed by atoms with van der Waals surface area (Å²) < 4.78 is 116. The lowest BCUT2D eigenvalue weighted by molar-refractivity contribution is -0.130. The Morgan fingerprint density at radius 3 is 1.55 bits per heavy atom. The fourth-order valence-electron chi connectivity index (χ4n) is 4.21. The normalized spacial score (nSPS) is 11.0. The Balaban J connectivity index is 0.000000555. The Morgan fingerprint density at radius 1 is 0.733 bits per heavy atom. The van der Waals surface area contributed by atoms with Crippen LogP contribution in [0.25, 0.3) is 21.1 Å². The number of thiazole rings is 2. The van der Waals surface area contributed by atoms with E-state index in [1.165, 1.54) is 16.2 Å². The monoisotopic (exact) mass is 966 g/mol. The number of amides is 2. The van der Waals surface area contributed by atoms with Crippen LogP contribution in [0, 0.1) is 24.7 Å². The van der Waals surface area contributed by atoms with Gasteiger partial charge in [0.05, 0.1) is 51.8 Å². The predicted molar refractivity (Wildman–Crippen MR) is 224 cm³/mol. The van der Waals surface area contributed by atoms with E-state index in [0.717, 1.165) is 33.6 Å². The summed E-state index contributed by atoms with van der Waals surface area (Å²) in [6, 6.07) is 7.01. The van der Waals surface area contributed by atoms with Gasteiger partial charge < -0.3 is 0 Å². The molecule has 0 aliphatic carbocycles. The molecule has 0 bridgehead atoms. The van der Waals surface area contributed by atoms with Crippen LogP contribution in [0.3, 0.4) is 0 Å². The van der Waals surface area contributed by atoms with Gasteiger partial charge in [0, 0.05) is 60.3 Å². The van der Waals surface area contributed by atoms with Gasteiger partial charge in [0.15, 0.2) is 20.1 Å². The molecule has 0 unspecified atom stereocenters. The third-order valence-corrected chi connectivity index (χ3v) is 12.5. The minimum atomic E-state index is -4.59. The Morgan fingerprint density at radius 2 is 1.17 bits per heavy atom. The van der Waals surface area contributed by atoms with Gasteiger partial charge in [-0.25, -0.2) is 18.4 Å². The van der Waals surface area contributed by atoms with Gasteiger partial charge in [-0.15, -0.1) is 12.8 Å². The lowest BCUT2D eigenvalue weighted by Crippen LogP contribution is -2.32. The molecule has 0 fully saturated rings. The number of hydrogen-bond acceptors (Lipinski definition) is 11. The van der Waals surface area contributed by atoms with E-state index in [9.17, 15) is 53.1 Å². The number of aromatic nitrogens is 4. The van der Waals surface area contributed by atoms with E-state index < -0.39 is 58.9 Å². The van der Waals surface area contributed by atoms with Crippen molar-refractivity contribution in [2.75, 3.05) is 60.3 Å². The maximum absolute atomic E-state index is 12.5. The highest BCUT2D eigenvalue weighted by molar-refractivity contribution is 7.99. The molecule has 0 saturated carbocycles. The Kier molecular flexibility index (Phi) is 24.3. The van der Waals surface area contributed by atoms with Crippen LogP contribution in [0.1, 0.15) is 25.7 Å². The van der Waals surface area contributed by atoms with Gasteiger partial charge in [0.1, 0.15) is 20.0 Å². The van der Waals surface area contributed by atoms with E-state index >= 15 is 0 Å². The van der Waals surface area contributed by atoms with Crippen molar-refractivity contribution in [2.45, 2.75) is 38.0 Å². The summed E-state index contributed by atoms with van der Waals surface area (Å²) in [6.07, 6.45) is 5.44. The van der Waals surface area contributed by atoms with Crippen LogP contribution in [0.5, 0.6) is 0 Å². The second-order valence-electron chi connectivity index (χ2n) is 11.1. The first-order valence-electron chi connectivity index (χ1n) is 16.6. The molecule has 0 radical (unpaired) electrons. The van der Waals surface area contributed by atoms with Crippen molar-refractivity contribution in [3.05, 3.63) is 59.4 Å². The molecule has 4 aromatic heterocycles. The Labute approximate surface area is 364 Å². The van der Waals surface area contributed by atoms with Crippen LogP contribution >= 0.6 is 57.6 Å². The number of pyridine rings is 2. The molecule has 4 aromatic rings. The summed E-state index contributed by atoms with van der Waals surface area (Å²) in [5.41, 5.74) is 1.42. The highest BCUT2D eigenvalue weighted by Gasteiger charge is 2.31. The topological polar surface area (TPSA) is 126 Å². The molecule has 0 aromatic carbocycles. The number of thioether (sulfide) groups is 1. The lowest BCUT2D eigenvalue weighted by atomic mass is 10.3. The maximum atomic E-state index is 12.5. The Bertz CT molecular complexity index is 2110. The van der Waals surface area contributed by atoms with E-state index in [4.69, 9.17) is 36.0 Å². The summed E-state index contributed by atoms with van der Waals surface area (Å²) in [4.78, 5) is 43.9. The third kappa shape index (κ3) is 19.5. The van der Waals surface area contributed by atoms with Crippen LogP contribution < -0.4 is 9.80 Å². The molecule has 0 aliphatic rings. The van der Waals surface area contributed by atoms with Gasteiger partial charge in [-0.3, -0.25) is 38.1 Å². The molecule has 0 atom stereocenters. The molecule has 0 aliphatic heterocycles. The summed E-state index contributed by atoms with van der Waals surface area (Å²) in [6.45, 7) is -0.198. The van der Waals surface area contributed by atoms with Crippen LogP contribution in [0.2, 0.25) is 10.3 Å². The third-order valence-electron chi connectivity index (χ3n) is 6.86. The molecule has 0 spiro atoms. The zero-order valence-electron chi connectivity index (χ0n) is 31.6. The molecular formula is C36H36Cl2F8N6O4S4. The van der Waals surface area contributed by atoms with Gasteiger partial charge in [0.2, 0.25) is 11.8 Å². The molecule has 24 heteroatoms. The number of anilines is 2. The second kappa shape index (κ2) is 27.0. The molecule has 2 amide bonds. The summed E-state index contributed by atoms with van der Waals surface area (Å²) >= 11 is 15.7. The average molecular weight is 968 g/mol. The lowest BCUT2D eigenvalue weighted by Gasteiger charge is -2.18. The van der Waals surface area contributed by atoms with E-state index in [2.05, 4.69) is 31.8 Å². The average Bonchev–Trinajstić information content (AvgIpc) is 3.80. The van der Waals surface area contributed by atoms with Crippen LogP contribution in [-0.4, -0.2) is 103 Å². The first-order chi connectivity index (χ1) is 28.3. The number of terminal acetylenes is 2. The van der Waals surface area contributed by atoms with Crippen LogP contribution in [0.4, 0.5) is 45.1 Å². The van der Waals surface area contributed by atoms with Crippen molar-refractivity contribution >= 4 is 89.3 Å². The summed E-state index contributed by atoms with van der Waals surface area (Å²) in [5, 5.41) is 1.85. The van der Waals surface area contributed by atoms with Crippen molar-refractivity contribution < 1.29 is 53.1 Å². The zero-order chi connectivity index (χ0) is 45.5. The first-order valence-corrected chi connectivity index (χ1v) is 22.0. The van der Waals surface area contributed by atoms with Gasteiger partial charge in [-0.05, 0) is 24.3 Å². The largest absolute Gasteiger partial charge is 0.390 e. The predicted octanol–water partition coefficient (Wildman–Crippen LogP) is 9.65. The molecule has 10 nitrogen and oxygen atoms in total. The number of rotatable bonds is 16. The van der Waals surface area contributed by atoms with Crippen molar-refractivity contribution in [1.82, 2.24) is 19.9 Å². The van der Waals surface area contributed by atoms with Crippen molar-refractivity contribution in [3.8, 4) is 45.8 Å². The SMILES string of the molecule is C#CCN(C(=O)CCS(=O)(=O)CCC(F)(F)F)c1sc(-c2cccnc2)nc1Cl.C#CCN(C(=O)CCSCCC(F)(F)F)c1sc(-c2cccnc2)nc1Cl.CF.CF. The van der Waals surface area contributed by atoms with Crippen LogP contribution in [-0.2, 0) is 19.4 Å². The van der Waals surface area contributed by atoms with E-state index in [-0.39, 0.29) is 52.2 Å². The first kappa shape index (κ1) is 54.0. The number of sulfone groups is 1. The van der Waals surface area contributed by atoms with Crippen molar-refractivity contribution in [3.63, 3.8) is 0 Å². The number of carbonyl (C=O) groups excluding carboxylic acids is 2. The van der Waals surface area contributed by atoms with Gasteiger partial charge >= 0.3 is 12.4 Å². The number of alkyl halides is 8. The highest BCUT2D eigenvalue weighted by Crippen LogP contribution is 2.39. The minimum absolute atomic E-state index is 0.000441. The molecule has 0 N–H and O–H groups in total. The highest BCUT2D eigenvalue weighted by atomic mass is 35.5. The smallest absolute Gasteiger partial charge is 0.289 e. The molecule has 4 rings (SSSR count). The van der Waals surface area contributed by atoms with Gasteiger partial charge in [0.25, 0.3) is 0 Å². The fraction of sp³-hybridized carbons (Fsp3) is 0.389. The van der Waals surface area contributed by atoms with Gasteiger partial charge in [-0.1, -0.05) is 57.7 Å². The Hall–Kier alpha value is -4.06. The van der Waals surface area contributed by atoms with E-state index in [1.54, 1.807) is 43.0 Å². The van der Waals surface area contributed by atoms with Crippen molar-refractivity contribution in [2.24, 2.45) is 0 Å². The number of nitrogens with zero attached hydrogens (tertiary/aromatic N) is 6. The number of carbonyl (C=O) groups is 2. The molecule has 4 heterocycles. The quantitative estimate of drug-likeness (QED) is 0.0613. The molecule has 0 saturated heterocycles. The molecule has 60 heavy (non-hydrogen) atoms. The van der Waals surface area contributed by atoms with E-state index in [1.807, 2.05) is 6.07 Å². The molecular weight excluding hydrogens is 932 g/mol. The number of halogens is 10. The summed E-state index contributed by atoms with van der Waals surface area (Å²) in [5.74, 6) is 2.07. The van der Waals surface area contributed by atoms with Gasteiger partial charge in [-0.2, -0.15) is 38.1 Å². The minimum Gasteiger partial charge on any atom is -0.289 e. The number of hydrogen-bond donors (Lipinski definition) is 0. The second-order valence-corrected chi connectivity index (χ2v) is 17.3. The standard InChI is InChI=1S/C17H15ClF3N3O3S2.C17H15ClF3N3OS2.2CH3F/c1-2-8-24(13(25)5-9-29(26,27)10-6-17(19,20)21)16-14(18)23-15(28-16)12-4-3-7-22-11-12;1-2-8-24(13(25)5-9-26-10-6-17(19,20)21)16-14(18)23-15(27-16)12-4-3-7-22-11-12;2*1-2/h1,3-4,7,11H,5-6,8-10H2;1,3-4,7,11H,5-6,8-10H2;2*1H3.